The zero-order valence-corrected chi connectivity index (χ0v) is 22.1. The summed E-state index contributed by atoms with van der Waals surface area (Å²) in [5, 5.41) is 4.99. The van der Waals surface area contributed by atoms with Crippen LogP contribution in [0.4, 0.5) is 4.39 Å². The van der Waals surface area contributed by atoms with Crippen molar-refractivity contribution in [2.45, 2.75) is 6.54 Å². The van der Waals surface area contributed by atoms with E-state index in [0.29, 0.717) is 6.54 Å². The van der Waals surface area contributed by atoms with Crippen molar-refractivity contribution in [1.82, 2.24) is 19.3 Å². The molecule has 0 aliphatic carbocycles. The Bertz CT molecular complexity index is 1690. The highest BCUT2D eigenvalue weighted by Crippen LogP contribution is 2.35. The third kappa shape index (κ3) is 4.29. The van der Waals surface area contributed by atoms with E-state index in [1.165, 1.54) is 6.07 Å². The zero-order valence-electron chi connectivity index (χ0n) is 18.9. The number of rotatable bonds is 5. The van der Waals surface area contributed by atoms with Crippen molar-refractivity contribution in [3.05, 3.63) is 124 Å². The number of nitrogens with zero attached hydrogens (tertiary/aromatic N) is 4. The van der Waals surface area contributed by atoms with Gasteiger partial charge in [-0.05, 0) is 60.2 Å². The Kier molecular flexibility index (Phi) is 6.03. The van der Waals surface area contributed by atoms with E-state index in [-0.39, 0.29) is 5.82 Å². The van der Waals surface area contributed by atoms with Crippen LogP contribution in [0.2, 0.25) is 0 Å². The fourth-order valence-corrected chi connectivity index (χ4v) is 4.98. The van der Waals surface area contributed by atoms with E-state index in [1.807, 2.05) is 89.7 Å². The minimum Gasteiger partial charge on any atom is -0.319 e. The summed E-state index contributed by atoms with van der Waals surface area (Å²) in [6.45, 7) is 0.449. The summed E-state index contributed by atoms with van der Waals surface area (Å²) < 4.78 is 20.0. The molecule has 0 aliphatic heterocycles. The van der Waals surface area contributed by atoms with Crippen molar-refractivity contribution < 1.29 is 4.39 Å². The Morgan fingerprint density at radius 2 is 1.56 bits per heavy atom. The minimum atomic E-state index is -0.272. The molecule has 0 saturated heterocycles. The SMILES string of the molecule is Fc1ccc(Br)c(Cn2c(-c3cn(-c4ccccc4)nc3-c3ccc(Br)cc3)nc3ccccc32)c1. The maximum atomic E-state index is 14.2. The van der Waals surface area contributed by atoms with Crippen LogP contribution in [0.1, 0.15) is 5.56 Å². The molecule has 0 unspecified atom stereocenters. The Morgan fingerprint density at radius 1 is 0.806 bits per heavy atom. The van der Waals surface area contributed by atoms with E-state index in [2.05, 4.69) is 36.4 Å². The highest BCUT2D eigenvalue weighted by molar-refractivity contribution is 9.10. The number of hydrogen-bond acceptors (Lipinski definition) is 2. The van der Waals surface area contributed by atoms with Crippen molar-refractivity contribution in [3.63, 3.8) is 0 Å². The predicted molar refractivity (Wildman–Crippen MR) is 149 cm³/mol. The van der Waals surface area contributed by atoms with Gasteiger partial charge in [-0.3, -0.25) is 0 Å². The number of hydrogen-bond donors (Lipinski definition) is 0. The second-order valence-electron chi connectivity index (χ2n) is 8.42. The summed E-state index contributed by atoms with van der Waals surface area (Å²) in [6, 6.07) is 30.9. The van der Waals surface area contributed by atoms with Crippen molar-refractivity contribution in [2.75, 3.05) is 0 Å². The molecule has 0 saturated carbocycles. The summed E-state index contributed by atoms with van der Waals surface area (Å²) in [5.41, 5.74) is 6.32. The van der Waals surface area contributed by atoms with Gasteiger partial charge in [0, 0.05) is 20.7 Å². The zero-order chi connectivity index (χ0) is 24.6. The quantitative estimate of drug-likeness (QED) is 0.199. The molecule has 4 nitrogen and oxygen atoms in total. The largest absolute Gasteiger partial charge is 0.319 e. The van der Waals surface area contributed by atoms with Gasteiger partial charge in [0.05, 0.1) is 28.8 Å². The van der Waals surface area contributed by atoms with Crippen LogP contribution >= 0.6 is 31.9 Å². The number of halogens is 3. The van der Waals surface area contributed by atoms with Crippen LogP contribution in [0.15, 0.2) is 112 Å². The molecule has 2 heterocycles. The first-order valence-electron chi connectivity index (χ1n) is 11.4. The van der Waals surface area contributed by atoms with Crippen molar-refractivity contribution in [3.8, 4) is 28.3 Å². The van der Waals surface area contributed by atoms with Crippen molar-refractivity contribution in [2.24, 2.45) is 0 Å². The summed E-state index contributed by atoms with van der Waals surface area (Å²) in [7, 11) is 0. The summed E-state index contributed by atoms with van der Waals surface area (Å²) in [4.78, 5) is 5.03. The maximum absolute atomic E-state index is 14.2. The second-order valence-corrected chi connectivity index (χ2v) is 10.2. The molecule has 0 atom stereocenters. The molecule has 176 valence electrons. The van der Waals surface area contributed by atoms with E-state index >= 15 is 0 Å². The van der Waals surface area contributed by atoms with Gasteiger partial charge in [-0.15, -0.1) is 0 Å². The van der Waals surface area contributed by atoms with Gasteiger partial charge in [0.1, 0.15) is 17.3 Å². The first-order chi connectivity index (χ1) is 17.6. The highest BCUT2D eigenvalue weighted by Gasteiger charge is 2.21. The molecule has 0 spiro atoms. The Balaban J connectivity index is 1.59. The molecule has 0 aliphatic rings. The Morgan fingerprint density at radius 3 is 2.36 bits per heavy atom. The van der Waals surface area contributed by atoms with Crippen LogP contribution in [-0.4, -0.2) is 19.3 Å². The number of imidazole rings is 1. The first kappa shape index (κ1) is 22.9. The molecule has 6 rings (SSSR count). The molecule has 0 radical (unpaired) electrons. The van der Waals surface area contributed by atoms with E-state index in [0.717, 1.165) is 53.9 Å². The lowest BCUT2D eigenvalue weighted by Crippen LogP contribution is -2.04. The average molecular weight is 602 g/mol. The van der Waals surface area contributed by atoms with Gasteiger partial charge in [0.15, 0.2) is 0 Å². The van der Waals surface area contributed by atoms with Gasteiger partial charge in [0.25, 0.3) is 0 Å². The fourth-order valence-electron chi connectivity index (χ4n) is 4.35. The van der Waals surface area contributed by atoms with E-state index in [4.69, 9.17) is 10.1 Å². The van der Waals surface area contributed by atoms with Gasteiger partial charge >= 0.3 is 0 Å². The molecule has 7 heteroatoms. The molecule has 0 bridgehead atoms. The van der Waals surface area contributed by atoms with Gasteiger partial charge < -0.3 is 4.57 Å². The normalized spacial score (nSPS) is 11.3. The van der Waals surface area contributed by atoms with Crippen LogP contribution in [-0.2, 0) is 6.54 Å². The smallest absolute Gasteiger partial charge is 0.145 e. The number of aromatic nitrogens is 4. The summed E-state index contributed by atoms with van der Waals surface area (Å²) in [5.74, 6) is 0.499. The molecule has 4 aromatic carbocycles. The average Bonchev–Trinajstić information content (AvgIpc) is 3.49. The van der Waals surface area contributed by atoms with Crippen molar-refractivity contribution in [1.29, 1.82) is 0 Å². The molecule has 2 aromatic heterocycles. The van der Waals surface area contributed by atoms with Crippen LogP contribution in [0.3, 0.4) is 0 Å². The minimum absolute atomic E-state index is 0.272. The lowest BCUT2D eigenvalue weighted by molar-refractivity contribution is 0.623. The molecular formula is C29H19Br2FN4. The number of para-hydroxylation sites is 3. The van der Waals surface area contributed by atoms with Gasteiger partial charge in [-0.25, -0.2) is 14.1 Å². The van der Waals surface area contributed by atoms with E-state index < -0.39 is 0 Å². The Labute approximate surface area is 224 Å². The first-order valence-corrected chi connectivity index (χ1v) is 13.0. The summed E-state index contributed by atoms with van der Waals surface area (Å²) in [6.07, 6.45) is 2.02. The molecular weight excluding hydrogens is 583 g/mol. The predicted octanol–water partition coefficient (Wildman–Crippen LogP) is 8.27. The molecule has 0 amide bonds. The summed E-state index contributed by atoms with van der Waals surface area (Å²) >= 11 is 7.12. The van der Waals surface area contributed by atoms with Gasteiger partial charge in [-0.1, -0.05) is 74.3 Å². The van der Waals surface area contributed by atoms with Crippen LogP contribution < -0.4 is 0 Å². The lowest BCUT2D eigenvalue weighted by Gasteiger charge is -2.11. The molecule has 36 heavy (non-hydrogen) atoms. The number of fused-ring (bicyclic) bond motifs is 1. The second kappa shape index (κ2) is 9.48. The van der Waals surface area contributed by atoms with Gasteiger partial charge in [-0.2, -0.15) is 5.10 Å². The third-order valence-electron chi connectivity index (χ3n) is 6.08. The highest BCUT2D eigenvalue weighted by atomic mass is 79.9. The number of benzene rings is 4. The standard InChI is InChI=1S/C29H19Br2FN4/c30-21-12-10-19(11-13-21)28-24(18-36(34-28)23-6-2-1-3-7-23)29-33-26-8-4-5-9-27(26)35(29)17-20-16-22(32)14-15-25(20)31/h1-16,18H,17H2. The topological polar surface area (TPSA) is 35.6 Å². The van der Waals surface area contributed by atoms with E-state index in [9.17, 15) is 4.39 Å². The van der Waals surface area contributed by atoms with Crippen LogP contribution in [0, 0.1) is 5.82 Å². The molecule has 0 N–H and O–H groups in total. The third-order valence-corrected chi connectivity index (χ3v) is 7.39. The van der Waals surface area contributed by atoms with Gasteiger partial charge in [0.2, 0.25) is 0 Å². The van der Waals surface area contributed by atoms with E-state index in [1.54, 1.807) is 12.1 Å². The monoisotopic (exact) mass is 600 g/mol. The van der Waals surface area contributed by atoms with Crippen LogP contribution in [0.25, 0.3) is 39.4 Å². The van der Waals surface area contributed by atoms with Crippen LogP contribution in [0.5, 0.6) is 0 Å². The fraction of sp³-hybridized carbons (Fsp3) is 0.0345. The maximum Gasteiger partial charge on any atom is 0.145 e. The Hall–Kier alpha value is -3.55. The molecule has 6 aromatic rings. The molecule has 0 fully saturated rings. The van der Waals surface area contributed by atoms with Crippen molar-refractivity contribution >= 4 is 42.9 Å². The lowest BCUT2D eigenvalue weighted by atomic mass is 10.1.